The molecule has 0 bridgehead atoms. The summed E-state index contributed by atoms with van der Waals surface area (Å²) in [5.41, 5.74) is 0.699. The van der Waals surface area contributed by atoms with E-state index in [1.165, 1.54) is 0 Å². The summed E-state index contributed by atoms with van der Waals surface area (Å²) in [4.78, 5) is 8.46. The summed E-state index contributed by atoms with van der Waals surface area (Å²) in [5.74, 6) is 2.36. The first-order valence-electron chi connectivity index (χ1n) is 6.43. The Morgan fingerprint density at radius 3 is 2.62 bits per heavy atom. The topological polar surface area (TPSA) is 68.3 Å². The molecule has 0 spiro atoms. The minimum Gasteiger partial charge on any atom is -0.495 e. The number of halogens is 1. The molecule has 0 saturated heterocycles. The van der Waals surface area contributed by atoms with Gasteiger partial charge >= 0.3 is 0 Å². The standard InChI is InChI=1S/C14H17ClN4O2/c1-4-16-14-17-6-5-13(19-14)18-10-7-9(15)11(20-2)8-12(10)21-3/h5-8H,4H2,1-3H3,(H2,16,17,18,19). The van der Waals surface area contributed by atoms with Crippen LogP contribution in [0.1, 0.15) is 6.92 Å². The third-order valence-corrected chi connectivity index (χ3v) is 3.02. The molecule has 2 aromatic rings. The molecule has 1 aromatic carbocycles. The number of anilines is 3. The van der Waals surface area contributed by atoms with Crippen molar-refractivity contribution in [2.45, 2.75) is 6.92 Å². The van der Waals surface area contributed by atoms with E-state index in [0.29, 0.717) is 34.0 Å². The smallest absolute Gasteiger partial charge is 0.224 e. The first kappa shape index (κ1) is 15.2. The van der Waals surface area contributed by atoms with Gasteiger partial charge in [0.05, 0.1) is 24.9 Å². The third kappa shape index (κ3) is 3.66. The van der Waals surface area contributed by atoms with Crippen LogP contribution in [0.3, 0.4) is 0 Å². The van der Waals surface area contributed by atoms with E-state index in [0.717, 1.165) is 6.54 Å². The summed E-state index contributed by atoms with van der Waals surface area (Å²) in [6, 6.07) is 5.21. The summed E-state index contributed by atoms with van der Waals surface area (Å²) in [5, 5.41) is 6.70. The second-order valence-corrected chi connectivity index (χ2v) is 4.52. The Labute approximate surface area is 128 Å². The Hall–Kier alpha value is -2.21. The van der Waals surface area contributed by atoms with Crippen molar-refractivity contribution in [3.63, 3.8) is 0 Å². The molecule has 21 heavy (non-hydrogen) atoms. The van der Waals surface area contributed by atoms with Crippen LogP contribution >= 0.6 is 11.6 Å². The van der Waals surface area contributed by atoms with E-state index in [1.54, 1.807) is 38.6 Å². The van der Waals surface area contributed by atoms with Gasteiger partial charge in [0.1, 0.15) is 17.3 Å². The number of methoxy groups -OCH3 is 2. The van der Waals surface area contributed by atoms with Crippen molar-refractivity contribution >= 4 is 29.1 Å². The molecule has 0 radical (unpaired) electrons. The molecule has 0 amide bonds. The van der Waals surface area contributed by atoms with Crippen LogP contribution in [0.4, 0.5) is 17.5 Å². The predicted molar refractivity (Wildman–Crippen MR) is 84.0 cm³/mol. The monoisotopic (exact) mass is 308 g/mol. The van der Waals surface area contributed by atoms with Gasteiger partial charge in [-0.25, -0.2) is 4.98 Å². The van der Waals surface area contributed by atoms with Crippen LogP contribution in [0.5, 0.6) is 11.5 Å². The molecule has 2 rings (SSSR count). The summed E-state index contributed by atoms with van der Waals surface area (Å²) in [6.07, 6.45) is 1.67. The molecule has 1 aromatic heterocycles. The lowest BCUT2D eigenvalue weighted by atomic mass is 10.2. The van der Waals surface area contributed by atoms with Gasteiger partial charge in [0, 0.05) is 18.8 Å². The fourth-order valence-corrected chi connectivity index (χ4v) is 2.01. The van der Waals surface area contributed by atoms with Crippen LogP contribution in [0.25, 0.3) is 0 Å². The Balaban J connectivity index is 2.30. The fraction of sp³-hybridized carbons (Fsp3) is 0.286. The summed E-state index contributed by atoms with van der Waals surface area (Å²) < 4.78 is 10.5. The second-order valence-electron chi connectivity index (χ2n) is 4.11. The lowest BCUT2D eigenvalue weighted by Crippen LogP contribution is -2.04. The molecule has 0 aliphatic heterocycles. The quantitative estimate of drug-likeness (QED) is 0.853. The third-order valence-electron chi connectivity index (χ3n) is 2.73. The van der Waals surface area contributed by atoms with Crippen molar-refractivity contribution in [3.05, 3.63) is 29.4 Å². The molecule has 0 aliphatic carbocycles. The van der Waals surface area contributed by atoms with E-state index in [9.17, 15) is 0 Å². The van der Waals surface area contributed by atoms with Crippen LogP contribution in [0.15, 0.2) is 24.4 Å². The Bertz CT molecular complexity index is 622. The van der Waals surface area contributed by atoms with Gasteiger partial charge < -0.3 is 20.1 Å². The van der Waals surface area contributed by atoms with Crippen molar-refractivity contribution in [1.29, 1.82) is 0 Å². The zero-order chi connectivity index (χ0) is 15.2. The molecule has 6 nitrogen and oxygen atoms in total. The van der Waals surface area contributed by atoms with E-state index in [4.69, 9.17) is 21.1 Å². The molecule has 0 aliphatic rings. The van der Waals surface area contributed by atoms with Crippen LogP contribution < -0.4 is 20.1 Å². The summed E-state index contributed by atoms with van der Waals surface area (Å²) in [7, 11) is 3.14. The van der Waals surface area contributed by atoms with Crippen LogP contribution in [0, 0.1) is 0 Å². The van der Waals surface area contributed by atoms with Gasteiger partial charge in [-0.1, -0.05) is 11.6 Å². The van der Waals surface area contributed by atoms with Crippen molar-refractivity contribution in [2.75, 3.05) is 31.4 Å². The van der Waals surface area contributed by atoms with Crippen molar-refractivity contribution in [1.82, 2.24) is 9.97 Å². The highest BCUT2D eigenvalue weighted by atomic mass is 35.5. The van der Waals surface area contributed by atoms with E-state index in [2.05, 4.69) is 20.6 Å². The Morgan fingerprint density at radius 2 is 1.95 bits per heavy atom. The highest BCUT2D eigenvalue weighted by Crippen LogP contribution is 2.37. The molecule has 0 unspecified atom stereocenters. The van der Waals surface area contributed by atoms with Crippen LogP contribution in [-0.2, 0) is 0 Å². The molecule has 0 atom stereocenters. The SMILES string of the molecule is CCNc1nccc(Nc2cc(Cl)c(OC)cc2OC)n1. The Kier molecular flexibility index (Phi) is 5.05. The average Bonchev–Trinajstić information content (AvgIpc) is 2.48. The number of rotatable bonds is 6. The number of aromatic nitrogens is 2. The highest BCUT2D eigenvalue weighted by molar-refractivity contribution is 6.32. The highest BCUT2D eigenvalue weighted by Gasteiger charge is 2.11. The average molecular weight is 309 g/mol. The van der Waals surface area contributed by atoms with Crippen molar-refractivity contribution in [3.8, 4) is 11.5 Å². The van der Waals surface area contributed by atoms with E-state index < -0.39 is 0 Å². The summed E-state index contributed by atoms with van der Waals surface area (Å²) in [6.45, 7) is 2.73. The molecule has 112 valence electrons. The predicted octanol–water partition coefficient (Wildman–Crippen LogP) is 3.32. The maximum atomic E-state index is 6.14. The van der Waals surface area contributed by atoms with Gasteiger partial charge in [-0.05, 0) is 19.1 Å². The van der Waals surface area contributed by atoms with Gasteiger partial charge in [0.2, 0.25) is 5.95 Å². The Morgan fingerprint density at radius 1 is 1.19 bits per heavy atom. The first-order valence-corrected chi connectivity index (χ1v) is 6.81. The van der Waals surface area contributed by atoms with Gasteiger partial charge in [-0.3, -0.25) is 0 Å². The van der Waals surface area contributed by atoms with Crippen molar-refractivity contribution < 1.29 is 9.47 Å². The minimum atomic E-state index is 0.488. The molecule has 0 saturated carbocycles. The van der Waals surface area contributed by atoms with Gasteiger partial charge in [-0.15, -0.1) is 0 Å². The normalized spacial score (nSPS) is 10.1. The second kappa shape index (κ2) is 6.99. The lowest BCUT2D eigenvalue weighted by molar-refractivity contribution is 0.396. The van der Waals surface area contributed by atoms with E-state index in [-0.39, 0.29) is 0 Å². The largest absolute Gasteiger partial charge is 0.495 e. The molecule has 0 fully saturated rings. The number of hydrogen-bond acceptors (Lipinski definition) is 6. The molecular weight excluding hydrogens is 292 g/mol. The van der Waals surface area contributed by atoms with Gasteiger partial charge in [0.15, 0.2) is 0 Å². The maximum Gasteiger partial charge on any atom is 0.224 e. The maximum absolute atomic E-state index is 6.14. The van der Waals surface area contributed by atoms with Crippen molar-refractivity contribution in [2.24, 2.45) is 0 Å². The lowest BCUT2D eigenvalue weighted by Gasteiger charge is -2.13. The number of hydrogen-bond donors (Lipinski definition) is 2. The van der Waals surface area contributed by atoms with E-state index in [1.807, 2.05) is 6.92 Å². The number of nitrogens with one attached hydrogen (secondary N) is 2. The number of ether oxygens (including phenoxy) is 2. The first-order chi connectivity index (χ1) is 10.2. The molecule has 1 heterocycles. The molecular formula is C14H17ClN4O2. The molecule has 7 heteroatoms. The van der Waals surface area contributed by atoms with Gasteiger partial charge in [-0.2, -0.15) is 4.98 Å². The molecule has 2 N–H and O–H groups in total. The van der Waals surface area contributed by atoms with Crippen LogP contribution in [-0.4, -0.2) is 30.7 Å². The fourth-order valence-electron chi connectivity index (χ4n) is 1.77. The zero-order valence-corrected chi connectivity index (χ0v) is 12.9. The minimum absolute atomic E-state index is 0.488. The number of nitrogens with zero attached hydrogens (tertiary/aromatic N) is 2. The number of benzene rings is 1. The summed E-state index contributed by atoms with van der Waals surface area (Å²) >= 11 is 6.14. The van der Waals surface area contributed by atoms with E-state index >= 15 is 0 Å². The zero-order valence-electron chi connectivity index (χ0n) is 12.1. The van der Waals surface area contributed by atoms with Gasteiger partial charge in [0.25, 0.3) is 0 Å². The van der Waals surface area contributed by atoms with Crippen LogP contribution in [0.2, 0.25) is 5.02 Å².